The van der Waals surface area contributed by atoms with Crippen LogP contribution in [0, 0.1) is 5.92 Å². The van der Waals surface area contributed by atoms with Gasteiger partial charge in [0.2, 0.25) is 5.91 Å². The molecule has 1 atom stereocenters. The molecule has 1 amide bonds. The van der Waals surface area contributed by atoms with E-state index in [1.807, 2.05) is 0 Å². The number of hydrogen-bond donors (Lipinski definition) is 1. The highest BCUT2D eigenvalue weighted by molar-refractivity contribution is 7.79. The van der Waals surface area contributed by atoms with E-state index in [1.54, 1.807) is 13.8 Å². The molecule has 0 aliphatic carbocycles. The summed E-state index contributed by atoms with van der Waals surface area (Å²) < 4.78 is 20.0. The van der Waals surface area contributed by atoms with Gasteiger partial charge in [-0.1, -0.05) is 24.9 Å². The van der Waals surface area contributed by atoms with Gasteiger partial charge in [-0.25, -0.2) is 0 Å². The van der Waals surface area contributed by atoms with Crippen LogP contribution in [0.25, 0.3) is 0 Å². The molecule has 0 bridgehead atoms. The average Bonchev–Trinajstić information content (AvgIpc) is 1.86. The van der Waals surface area contributed by atoms with Crippen LogP contribution in [-0.4, -0.2) is 27.0 Å². The lowest BCUT2D eigenvalue weighted by molar-refractivity contribution is -0.123. The second-order valence-electron chi connectivity index (χ2n) is 2.45. The van der Waals surface area contributed by atoms with E-state index in [1.165, 1.54) is 0 Å². The molecule has 1 unspecified atom stereocenters. The average molecular weight is 178 g/mol. The minimum Gasteiger partial charge on any atom is -0.772 e. The van der Waals surface area contributed by atoms with Crippen LogP contribution >= 0.6 is 0 Å². The molecule has 0 rings (SSSR count). The Hall–Kier alpha value is -0.420. The molecule has 0 aromatic carbocycles. The number of carbonyl (C=O) groups excluding carboxylic acids is 1. The molecular weight excluding hydrogens is 166 g/mol. The lowest BCUT2D eigenvalue weighted by Crippen LogP contribution is -2.30. The fourth-order valence-corrected chi connectivity index (χ4v) is 0.730. The van der Waals surface area contributed by atoms with Crippen LogP contribution in [0.3, 0.4) is 0 Å². The zero-order valence-electron chi connectivity index (χ0n) is 6.62. The van der Waals surface area contributed by atoms with Crippen molar-refractivity contribution in [2.75, 3.05) is 12.3 Å². The first-order chi connectivity index (χ1) is 5.04. The molecular formula is C6H12NO3S-. The van der Waals surface area contributed by atoms with Crippen molar-refractivity contribution in [3.8, 4) is 0 Å². The Kier molecular flexibility index (Phi) is 5.06. The first-order valence-electron chi connectivity index (χ1n) is 3.37. The Labute approximate surface area is 68.7 Å². The summed E-state index contributed by atoms with van der Waals surface area (Å²) in [5.41, 5.74) is 0. The highest BCUT2D eigenvalue weighted by Crippen LogP contribution is 1.89. The Morgan fingerprint density at radius 3 is 2.55 bits per heavy atom. The molecule has 66 valence electrons. The Balaban J connectivity index is 3.39. The van der Waals surface area contributed by atoms with Crippen LogP contribution in [0.4, 0.5) is 0 Å². The van der Waals surface area contributed by atoms with Gasteiger partial charge in [0.15, 0.2) is 0 Å². The number of carbonyl (C=O) groups is 1. The largest absolute Gasteiger partial charge is 0.772 e. The third kappa shape index (κ3) is 6.00. The maximum atomic E-state index is 10.8. The van der Waals surface area contributed by atoms with Crippen LogP contribution in [0.2, 0.25) is 0 Å². The van der Waals surface area contributed by atoms with Crippen molar-refractivity contribution in [3.05, 3.63) is 0 Å². The smallest absolute Gasteiger partial charge is 0.222 e. The minimum atomic E-state index is -2.06. The standard InChI is InChI=1S/C6H13NO3S/c1-5(2)6(8)7-3-4-11(9)10/h5H,3-4H2,1-2H3,(H,7,8)(H,9,10)/p-1. The fourth-order valence-electron chi connectivity index (χ4n) is 0.462. The van der Waals surface area contributed by atoms with Gasteiger partial charge in [0.25, 0.3) is 0 Å². The minimum absolute atomic E-state index is 0.0154. The zero-order chi connectivity index (χ0) is 8.85. The van der Waals surface area contributed by atoms with Crippen molar-refractivity contribution in [3.63, 3.8) is 0 Å². The molecule has 0 radical (unpaired) electrons. The van der Waals surface area contributed by atoms with Gasteiger partial charge in [0.1, 0.15) is 0 Å². The number of rotatable bonds is 4. The van der Waals surface area contributed by atoms with E-state index in [-0.39, 0.29) is 24.1 Å². The molecule has 5 heteroatoms. The Morgan fingerprint density at radius 2 is 2.18 bits per heavy atom. The number of hydrogen-bond acceptors (Lipinski definition) is 3. The molecule has 0 saturated carbocycles. The molecule has 11 heavy (non-hydrogen) atoms. The molecule has 4 nitrogen and oxygen atoms in total. The maximum absolute atomic E-state index is 10.8. The van der Waals surface area contributed by atoms with Crippen molar-refractivity contribution in [2.45, 2.75) is 13.8 Å². The molecule has 0 fully saturated rings. The number of amides is 1. The third-order valence-corrected chi connectivity index (χ3v) is 1.63. The topological polar surface area (TPSA) is 69.2 Å². The van der Waals surface area contributed by atoms with Crippen LogP contribution in [0.5, 0.6) is 0 Å². The monoisotopic (exact) mass is 178 g/mol. The van der Waals surface area contributed by atoms with E-state index in [9.17, 15) is 13.6 Å². The molecule has 0 heterocycles. The van der Waals surface area contributed by atoms with Crippen molar-refractivity contribution in [1.82, 2.24) is 5.32 Å². The lowest BCUT2D eigenvalue weighted by atomic mass is 10.2. The molecule has 0 aromatic rings. The van der Waals surface area contributed by atoms with Gasteiger partial charge in [-0.15, -0.1) is 0 Å². The van der Waals surface area contributed by atoms with Gasteiger partial charge in [-0.05, 0) is 0 Å². The predicted molar refractivity (Wildman–Crippen MR) is 41.6 cm³/mol. The summed E-state index contributed by atoms with van der Waals surface area (Å²) in [5, 5.41) is 2.48. The van der Waals surface area contributed by atoms with Gasteiger partial charge < -0.3 is 9.87 Å². The van der Waals surface area contributed by atoms with E-state index in [4.69, 9.17) is 0 Å². The molecule has 0 spiro atoms. The third-order valence-electron chi connectivity index (χ3n) is 1.09. The lowest BCUT2D eigenvalue weighted by Gasteiger charge is -2.08. The van der Waals surface area contributed by atoms with Gasteiger partial charge >= 0.3 is 0 Å². The van der Waals surface area contributed by atoms with Crippen molar-refractivity contribution in [1.29, 1.82) is 0 Å². The SMILES string of the molecule is CC(C)C(=O)NCCS(=O)[O-]. The first-order valence-corrected chi connectivity index (χ1v) is 4.62. The van der Waals surface area contributed by atoms with E-state index in [0.717, 1.165) is 0 Å². The maximum Gasteiger partial charge on any atom is 0.222 e. The molecule has 1 N–H and O–H groups in total. The summed E-state index contributed by atoms with van der Waals surface area (Å²) in [6.45, 7) is 3.71. The fraction of sp³-hybridized carbons (Fsp3) is 0.833. The molecule has 0 saturated heterocycles. The van der Waals surface area contributed by atoms with Crippen molar-refractivity contribution >= 4 is 17.0 Å². The Bertz CT molecular complexity index is 158. The van der Waals surface area contributed by atoms with Crippen LogP contribution in [0.1, 0.15) is 13.8 Å². The van der Waals surface area contributed by atoms with Gasteiger partial charge in [-0.2, -0.15) is 0 Å². The summed E-state index contributed by atoms with van der Waals surface area (Å²) in [7, 11) is 0. The van der Waals surface area contributed by atoms with Crippen molar-refractivity contribution in [2.24, 2.45) is 5.92 Å². The first kappa shape index (κ1) is 10.6. The van der Waals surface area contributed by atoms with Crippen LogP contribution < -0.4 is 5.32 Å². The van der Waals surface area contributed by atoms with Crippen LogP contribution in [0.15, 0.2) is 0 Å². The van der Waals surface area contributed by atoms with Crippen molar-refractivity contribution < 1.29 is 13.6 Å². The van der Waals surface area contributed by atoms with Gasteiger partial charge in [0, 0.05) is 18.2 Å². The second-order valence-corrected chi connectivity index (χ2v) is 3.47. The zero-order valence-corrected chi connectivity index (χ0v) is 7.44. The molecule has 0 aliphatic heterocycles. The summed E-state index contributed by atoms with van der Waals surface area (Å²) in [6.07, 6.45) is 0. The number of nitrogens with one attached hydrogen (secondary N) is 1. The van der Waals surface area contributed by atoms with Gasteiger partial charge in [0.05, 0.1) is 0 Å². The molecule has 0 aliphatic rings. The quantitative estimate of drug-likeness (QED) is 0.597. The van der Waals surface area contributed by atoms with Crippen LogP contribution in [-0.2, 0) is 15.9 Å². The van der Waals surface area contributed by atoms with E-state index in [2.05, 4.69) is 5.32 Å². The second kappa shape index (κ2) is 5.26. The summed E-state index contributed by atoms with van der Waals surface area (Å²) in [4.78, 5) is 10.8. The molecule has 0 aromatic heterocycles. The van der Waals surface area contributed by atoms with E-state index < -0.39 is 11.1 Å². The Morgan fingerprint density at radius 1 is 1.64 bits per heavy atom. The highest BCUT2D eigenvalue weighted by Gasteiger charge is 2.04. The summed E-state index contributed by atoms with van der Waals surface area (Å²) in [6, 6.07) is 0. The van der Waals surface area contributed by atoms with Gasteiger partial charge in [-0.3, -0.25) is 9.00 Å². The van der Waals surface area contributed by atoms with E-state index >= 15 is 0 Å². The summed E-state index contributed by atoms with van der Waals surface area (Å²) >= 11 is -2.06. The van der Waals surface area contributed by atoms with E-state index in [0.29, 0.717) is 0 Å². The highest BCUT2D eigenvalue weighted by atomic mass is 32.2. The normalized spacial score (nSPS) is 13.1. The summed E-state index contributed by atoms with van der Waals surface area (Å²) in [5.74, 6) is -0.219. The predicted octanol–water partition coefficient (Wildman–Crippen LogP) is -0.362.